The van der Waals surface area contributed by atoms with Crippen LogP contribution in [0.3, 0.4) is 0 Å². The maximum absolute atomic E-state index is 13.5. The van der Waals surface area contributed by atoms with Gasteiger partial charge in [-0.1, -0.05) is 42.5 Å². The molecule has 0 aliphatic carbocycles. The van der Waals surface area contributed by atoms with Gasteiger partial charge in [-0.05, 0) is 53.9 Å². The summed E-state index contributed by atoms with van der Waals surface area (Å²) in [7, 11) is -1.84. The van der Waals surface area contributed by atoms with Gasteiger partial charge < -0.3 is 19.5 Å². The predicted molar refractivity (Wildman–Crippen MR) is 150 cm³/mol. The maximum atomic E-state index is 13.5. The van der Waals surface area contributed by atoms with Crippen LogP contribution in [-0.4, -0.2) is 67.5 Å². The quantitative estimate of drug-likeness (QED) is 0.351. The van der Waals surface area contributed by atoms with Crippen molar-refractivity contribution in [2.45, 2.75) is 19.0 Å². The van der Waals surface area contributed by atoms with Crippen molar-refractivity contribution >= 4 is 38.4 Å². The summed E-state index contributed by atoms with van der Waals surface area (Å²) in [6.07, 6.45) is 1.67. The highest BCUT2D eigenvalue weighted by Gasteiger charge is 2.35. The predicted octanol–water partition coefficient (Wildman–Crippen LogP) is 3.64. The Balaban J connectivity index is 1.40. The molecule has 1 aromatic heterocycles. The summed E-state index contributed by atoms with van der Waals surface area (Å²) in [5, 5.41) is 0.853. The number of methoxy groups -OCH3 is 1. The molecular weight excluding hydrogens is 516 g/mol. The first-order chi connectivity index (χ1) is 18.7. The Hall–Kier alpha value is -4.31. The van der Waals surface area contributed by atoms with Gasteiger partial charge in [-0.2, -0.15) is 0 Å². The smallest absolute Gasteiger partial charge is 0.270 e. The summed E-state index contributed by atoms with van der Waals surface area (Å²) in [6.45, 7) is 0.605. The van der Waals surface area contributed by atoms with Crippen LogP contribution < -0.4 is 9.46 Å². The Bertz CT molecular complexity index is 1620. The van der Waals surface area contributed by atoms with Crippen LogP contribution in [0.25, 0.3) is 10.9 Å². The first kappa shape index (κ1) is 26.3. The molecule has 0 unspecified atom stereocenters. The Morgan fingerprint density at radius 2 is 1.79 bits per heavy atom. The summed E-state index contributed by atoms with van der Waals surface area (Å²) in [5.41, 5.74) is 3.51. The number of hydrogen-bond donors (Lipinski definition) is 2. The highest BCUT2D eigenvalue weighted by atomic mass is 32.2. The van der Waals surface area contributed by atoms with Crippen LogP contribution in [-0.2, 0) is 27.8 Å². The number of fused-ring (bicyclic) bond motifs is 1. The molecule has 2 heterocycles. The van der Waals surface area contributed by atoms with Gasteiger partial charge in [0.2, 0.25) is 15.9 Å². The van der Waals surface area contributed by atoms with Crippen molar-refractivity contribution in [2.75, 3.05) is 31.2 Å². The normalized spacial score (nSPS) is 15.9. The third kappa shape index (κ3) is 6.23. The fourth-order valence-electron chi connectivity index (χ4n) is 4.98. The summed E-state index contributed by atoms with van der Waals surface area (Å²) < 4.78 is 31.2. The van der Waals surface area contributed by atoms with Gasteiger partial charge in [0.05, 0.1) is 19.4 Å². The molecule has 0 spiro atoms. The van der Waals surface area contributed by atoms with E-state index < -0.39 is 10.0 Å². The summed E-state index contributed by atoms with van der Waals surface area (Å²) >= 11 is 0. The van der Waals surface area contributed by atoms with E-state index in [-0.39, 0.29) is 24.4 Å². The average molecular weight is 547 g/mol. The van der Waals surface area contributed by atoms with E-state index in [0.717, 1.165) is 28.3 Å². The lowest BCUT2D eigenvalue weighted by molar-refractivity contribution is -0.139. The molecule has 1 aliphatic rings. The second kappa shape index (κ2) is 10.8. The van der Waals surface area contributed by atoms with Crippen LogP contribution >= 0.6 is 0 Å². The fourth-order valence-corrected chi connectivity index (χ4v) is 5.53. The Labute approximate surface area is 227 Å². The van der Waals surface area contributed by atoms with Crippen LogP contribution in [0.15, 0.2) is 78.9 Å². The van der Waals surface area contributed by atoms with Gasteiger partial charge in [0, 0.05) is 29.7 Å². The van der Waals surface area contributed by atoms with Gasteiger partial charge >= 0.3 is 0 Å². The minimum atomic E-state index is -3.43. The van der Waals surface area contributed by atoms with E-state index in [0.29, 0.717) is 36.6 Å². The topological polar surface area (TPSA) is 112 Å². The lowest BCUT2D eigenvalue weighted by Crippen LogP contribution is -2.58. The van der Waals surface area contributed by atoms with Gasteiger partial charge in [-0.25, -0.2) is 8.42 Å². The number of hydrogen-bond acceptors (Lipinski definition) is 5. The van der Waals surface area contributed by atoms with Crippen LogP contribution in [0.1, 0.15) is 21.6 Å². The number of anilines is 1. The number of benzene rings is 3. The van der Waals surface area contributed by atoms with Crippen LogP contribution in [0.5, 0.6) is 5.75 Å². The first-order valence-electron chi connectivity index (χ1n) is 12.5. The Kier molecular flexibility index (Phi) is 7.30. The number of rotatable bonds is 8. The molecule has 4 aromatic rings. The van der Waals surface area contributed by atoms with Crippen molar-refractivity contribution < 1.29 is 22.7 Å². The Morgan fingerprint density at radius 1 is 1.03 bits per heavy atom. The fraction of sp³-hybridized carbons (Fsp3) is 0.241. The number of ether oxygens (including phenoxy) is 1. The van der Waals surface area contributed by atoms with Crippen molar-refractivity contribution in [1.82, 2.24) is 14.8 Å². The van der Waals surface area contributed by atoms with E-state index in [2.05, 4.69) is 9.71 Å². The number of piperazine rings is 1. The molecule has 1 saturated heterocycles. The van der Waals surface area contributed by atoms with Crippen molar-refractivity contribution in [3.05, 3.63) is 95.7 Å². The maximum Gasteiger partial charge on any atom is 0.270 e. The second-order valence-corrected chi connectivity index (χ2v) is 11.5. The summed E-state index contributed by atoms with van der Waals surface area (Å²) in [6, 6.07) is 23.9. The van der Waals surface area contributed by atoms with Gasteiger partial charge in [0.25, 0.3) is 5.91 Å². The number of nitrogens with one attached hydrogen (secondary N) is 2. The third-order valence-corrected chi connectivity index (χ3v) is 7.37. The zero-order valence-corrected chi connectivity index (χ0v) is 22.6. The summed E-state index contributed by atoms with van der Waals surface area (Å²) in [4.78, 5) is 33.6. The first-order valence-corrected chi connectivity index (χ1v) is 14.4. The molecule has 0 radical (unpaired) electrons. The number of carbonyl (C=O) groups is 2. The van der Waals surface area contributed by atoms with E-state index in [1.165, 1.54) is 0 Å². The number of H-pyrrole nitrogens is 1. The van der Waals surface area contributed by atoms with Crippen molar-refractivity contribution in [1.29, 1.82) is 0 Å². The highest BCUT2D eigenvalue weighted by Crippen LogP contribution is 2.25. The average Bonchev–Trinajstić information content (AvgIpc) is 3.33. The number of nitrogens with zero attached hydrogens (tertiary/aromatic N) is 2. The van der Waals surface area contributed by atoms with Crippen LogP contribution in [0.2, 0.25) is 0 Å². The molecule has 3 aromatic carbocycles. The van der Waals surface area contributed by atoms with E-state index in [9.17, 15) is 18.0 Å². The van der Waals surface area contributed by atoms with Gasteiger partial charge in [-0.3, -0.25) is 14.3 Å². The second-order valence-electron chi connectivity index (χ2n) is 9.76. The third-order valence-electron chi connectivity index (χ3n) is 6.76. The summed E-state index contributed by atoms with van der Waals surface area (Å²) in [5.74, 6) is 0.286. The van der Waals surface area contributed by atoms with Crippen LogP contribution in [0.4, 0.5) is 5.69 Å². The minimum absolute atomic E-state index is 0.0515. The lowest BCUT2D eigenvalue weighted by Gasteiger charge is -2.41. The molecule has 202 valence electrons. The molecule has 5 rings (SSSR count). The molecule has 0 saturated carbocycles. The molecule has 1 atom stereocenters. The number of aromatic nitrogens is 1. The number of amides is 2. The molecule has 10 heteroatoms. The monoisotopic (exact) mass is 546 g/mol. The minimum Gasteiger partial charge on any atom is -0.497 e. The molecule has 9 nitrogen and oxygen atoms in total. The Morgan fingerprint density at radius 3 is 2.54 bits per heavy atom. The van der Waals surface area contributed by atoms with Gasteiger partial charge in [0.1, 0.15) is 18.0 Å². The molecule has 39 heavy (non-hydrogen) atoms. The van der Waals surface area contributed by atoms with Gasteiger partial charge in [0.15, 0.2) is 0 Å². The molecule has 2 N–H and O–H groups in total. The number of carbonyl (C=O) groups excluding carboxylic acids is 2. The molecule has 2 amide bonds. The molecule has 1 aliphatic heterocycles. The largest absolute Gasteiger partial charge is 0.497 e. The van der Waals surface area contributed by atoms with E-state index in [1.54, 1.807) is 41.2 Å². The number of sulfonamides is 1. The molecule has 0 bridgehead atoms. The van der Waals surface area contributed by atoms with Crippen molar-refractivity contribution in [2.24, 2.45) is 0 Å². The lowest BCUT2D eigenvalue weighted by atomic mass is 10.0. The number of aromatic amines is 1. The van der Waals surface area contributed by atoms with Gasteiger partial charge in [-0.15, -0.1) is 0 Å². The van der Waals surface area contributed by atoms with Crippen molar-refractivity contribution in [3.8, 4) is 5.75 Å². The standard InChI is InChI=1S/C29H30N4O5S/c1-38-25-11-12-26-22(15-25)16-27(30-26)29(35)32-18-24(14-20-7-4-3-5-8-20)33(28(34)19-32)17-21-9-6-10-23(13-21)31-39(2,36)37/h3-13,15-16,24,30-31H,14,17-19H2,1-2H3/t24-/m0/s1. The van der Waals surface area contributed by atoms with E-state index >= 15 is 0 Å². The SMILES string of the molecule is COc1ccc2[nH]c(C(=O)N3CC(=O)N(Cc4cccc(NS(C)(=O)=O)c4)[C@@H](Cc4ccccc4)C3)cc2c1. The molecular formula is C29H30N4O5S. The van der Waals surface area contributed by atoms with Crippen molar-refractivity contribution in [3.63, 3.8) is 0 Å². The zero-order chi connectivity index (χ0) is 27.6. The zero-order valence-electron chi connectivity index (χ0n) is 21.8. The highest BCUT2D eigenvalue weighted by molar-refractivity contribution is 7.92. The van der Waals surface area contributed by atoms with E-state index in [1.807, 2.05) is 54.6 Å². The van der Waals surface area contributed by atoms with Crippen LogP contribution in [0, 0.1) is 0 Å². The molecule has 1 fully saturated rings. The van der Waals surface area contributed by atoms with E-state index in [4.69, 9.17) is 4.74 Å².